The molecule has 0 saturated heterocycles. The number of nitrogens with two attached hydrogens (primary N) is 1. The molecular weight excluding hydrogens is 226 g/mol. The molecule has 0 unspecified atom stereocenters. The molecule has 1 heterocycles. The van der Waals surface area contributed by atoms with E-state index in [2.05, 4.69) is 18.8 Å². The molecular formula is C14H23N3O. The third kappa shape index (κ3) is 4.84. The van der Waals surface area contributed by atoms with Crippen molar-refractivity contribution >= 4 is 5.91 Å². The SMILES string of the molecule is CN(CC(C)(C)CN)C(=O)CCc1ccncc1. The van der Waals surface area contributed by atoms with Gasteiger partial charge in [0.25, 0.3) is 0 Å². The minimum absolute atomic E-state index is 0.0267. The second kappa shape index (κ2) is 6.50. The zero-order valence-corrected chi connectivity index (χ0v) is 11.5. The lowest BCUT2D eigenvalue weighted by molar-refractivity contribution is -0.131. The van der Waals surface area contributed by atoms with Crippen LogP contribution in [-0.4, -0.2) is 35.9 Å². The fraction of sp³-hybridized carbons (Fsp3) is 0.571. The first-order valence-electron chi connectivity index (χ1n) is 6.27. The molecule has 1 aromatic heterocycles. The monoisotopic (exact) mass is 249 g/mol. The lowest BCUT2D eigenvalue weighted by Gasteiger charge is -2.29. The van der Waals surface area contributed by atoms with Crippen LogP contribution in [0.1, 0.15) is 25.8 Å². The van der Waals surface area contributed by atoms with Crippen molar-refractivity contribution in [1.82, 2.24) is 9.88 Å². The van der Waals surface area contributed by atoms with Crippen LogP contribution in [0, 0.1) is 5.41 Å². The molecule has 0 bridgehead atoms. The van der Waals surface area contributed by atoms with E-state index in [1.165, 1.54) is 0 Å². The predicted octanol–water partition coefficient (Wildman–Crippen LogP) is 1.46. The number of carbonyl (C=O) groups is 1. The van der Waals surface area contributed by atoms with Gasteiger partial charge in [-0.25, -0.2) is 0 Å². The number of aryl methyl sites for hydroxylation is 1. The Labute approximate surface area is 109 Å². The fourth-order valence-corrected chi connectivity index (χ4v) is 1.79. The molecule has 0 atom stereocenters. The van der Waals surface area contributed by atoms with E-state index in [0.29, 0.717) is 19.5 Å². The topological polar surface area (TPSA) is 59.2 Å². The van der Waals surface area contributed by atoms with Gasteiger partial charge >= 0.3 is 0 Å². The lowest BCUT2D eigenvalue weighted by Crippen LogP contribution is -2.39. The van der Waals surface area contributed by atoms with Crippen LogP contribution in [0.25, 0.3) is 0 Å². The Morgan fingerprint density at radius 2 is 2.00 bits per heavy atom. The first kappa shape index (κ1) is 14.6. The highest BCUT2D eigenvalue weighted by atomic mass is 16.2. The van der Waals surface area contributed by atoms with Gasteiger partial charge in [0.2, 0.25) is 5.91 Å². The first-order chi connectivity index (χ1) is 8.44. The highest BCUT2D eigenvalue weighted by Gasteiger charge is 2.20. The molecule has 4 nitrogen and oxygen atoms in total. The van der Waals surface area contributed by atoms with Crippen molar-refractivity contribution in [3.63, 3.8) is 0 Å². The molecule has 0 saturated carbocycles. The van der Waals surface area contributed by atoms with Crippen molar-refractivity contribution < 1.29 is 4.79 Å². The maximum atomic E-state index is 12.0. The third-order valence-corrected chi connectivity index (χ3v) is 3.02. The summed E-state index contributed by atoms with van der Waals surface area (Å²) in [6.07, 6.45) is 4.79. The van der Waals surface area contributed by atoms with Crippen molar-refractivity contribution in [3.8, 4) is 0 Å². The Morgan fingerprint density at radius 3 is 2.56 bits per heavy atom. The van der Waals surface area contributed by atoms with Crippen molar-refractivity contribution in [2.75, 3.05) is 20.1 Å². The van der Waals surface area contributed by atoms with Crippen molar-refractivity contribution in [1.29, 1.82) is 0 Å². The number of hydrogen-bond donors (Lipinski definition) is 1. The van der Waals surface area contributed by atoms with E-state index in [9.17, 15) is 4.79 Å². The van der Waals surface area contributed by atoms with Crippen LogP contribution >= 0.6 is 0 Å². The quantitative estimate of drug-likeness (QED) is 0.830. The number of amides is 1. The largest absolute Gasteiger partial charge is 0.345 e. The van der Waals surface area contributed by atoms with Crippen LogP contribution in [0.5, 0.6) is 0 Å². The summed E-state index contributed by atoms with van der Waals surface area (Å²) in [5, 5.41) is 0. The first-order valence-corrected chi connectivity index (χ1v) is 6.27. The average molecular weight is 249 g/mol. The maximum Gasteiger partial charge on any atom is 0.222 e. The zero-order chi connectivity index (χ0) is 13.6. The van der Waals surface area contributed by atoms with Gasteiger partial charge in [0.1, 0.15) is 0 Å². The Hall–Kier alpha value is -1.42. The second-order valence-electron chi connectivity index (χ2n) is 5.47. The summed E-state index contributed by atoms with van der Waals surface area (Å²) in [4.78, 5) is 17.7. The van der Waals surface area contributed by atoms with Gasteiger partial charge in [-0.1, -0.05) is 13.8 Å². The van der Waals surface area contributed by atoms with Gasteiger partial charge in [0.05, 0.1) is 0 Å². The summed E-state index contributed by atoms with van der Waals surface area (Å²) in [6, 6.07) is 3.88. The van der Waals surface area contributed by atoms with Crippen molar-refractivity contribution in [2.45, 2.75) is 26.7 Å². The maximum absolute atomic E-state index is 12.0. The van der Waals surface area contributed by atoms with E-state index >= 15 is 0 Å². The molecule has 0 aliphatic rings. The molecule has 0 aliphatic heterocycles. The van der Waals surface area contributed by atoms with E-state index in [1.807, 2.05) is 19.2 Å². The number of carbonyl (C=O) groups excluding carboxylic acids is 1. The van der Waals surface area contributed by atoms with Gasteiger partial charge in [-0.05, 0) is 36.1 Å². The molecule has 1 rings (SSSR count). The summed E-state index contributed by atoms with van der Waals surface area (Å²) < 4.78 is 0. The number of pyridine rings is 1. The highest BCUT2D eigenvalue weighted by molar-refractivity contribution is 5.76. The van der Waals surface area contributed by atoms with Crippen LogP contribution in [0.2, 0.25) is 0 Å². The molecule has 0 spiro atoms. The molecule has 18 heavy (non-hydrogen) atoms. The van der Waals surface area contributed by atoms with Gasteiger partial charge in [0.15, 0.2) is 0 Å². The summed E-state index contributed by atoms with van der Waals surface area (Å²) in [5.74, 6) is 0.160. The highest BCUT2D eigenvalue weighted by Crippen LogP contribution is 2.14. The van der Waals surface area contributed by atoms with Gasteiger partial charge in [0, 0.05) is 32.4 Å². The molecule has 2 N–H and O–H groups in total. The van der Waals surface area contributed by atoms with Gasteiger partial charge < -0.3 is 10.6 Å². The van der Waals surface area contributed by atoms with Crippen LogP contribution in [0.3, 0.4) is 0 Å². The van der Waals surface area contributed by atoms with Gasteiger partial charge in [-0.15, -0.1) is 0 Å². The smallest absolute Gasteiger partial charge is 0.222 e. The molecule has 1 amide bonds. The van der Waals surface area contributed by atoms with Crippen LogP contribution in [-0.2, 0) is 11.2 Å². The molecule has 0 aromatic carbocycles. The van der Waals surface area contributed by atoms with Crippen LogP contribution in [0.15, 0.2) is 24.5 Å². The molecule has 100 valence electrons. The summed E-state index contributed by atoms with van der Waals surface area (Å²) in [6.45, 7) is 5.41. The minimum Gasteiger partial charge on any atom is -0.345 e. The Morgan fingerprint density at radius 1 is 1.39 bits per heavy atom. The molecule has 4 heteroatoms. The van der Waals surface area contributed by atoms with E-state index in [0.717, 1.165) is 12.0 Å². The Kier molecular flexibility index (Phi) is 5.28. The molecule has 0 fully saturated rings. The third-order valence-electron chi connectivity index (χ3n) is 3.02. The number of rotatable bonds is 6. The number of aromatic nitrogens is 1. The second-order valence-corrected chi connectivity index (χ2v) is 5.47. The average Bonchev–Trinajstić information content (AvgIpc) is 2.36. The Bertz CT molecular complexity index is 376. The molecule has 1 aromatic rings. The van der Waals surface area contributed by atoms with Crippen LogP contribution in [0.4, 0.5) is 0 Å². The minimum atomic E-state index is -0.0267. The van der Waals surface area contributed by atoms with E-state index in [1.54, 1.807) is 17.3 Å². The van der Waals surface area contributed by atoms with Gasteiger partial charge in [-0.3, -0.25) is 9.78 Å². The zero-order valence-electron chi connectivity index (χ0n) is 11.5. The van der Waals surface area contributed by atoms with Crippen molar-refractivity contribution in [2.24, 2.45) is 11.1 Å². The number of hydrogen-bond acceptors (Lipinski definition) is 3. The van der Waals surface area contributed by atoms with Gasteiger partial charge in [-0.2, -0.15) is 0 Å². The summed E-state index contributed by atoms with van der Waals surface area (Å²) >= 11 is 0. The summed E-state index contributed by atoms with van der Waals surface area (Å²) in [5.41, 5.74) is 6.79. The predicted molar refractivity (Wildman–Crippen MR) is 73.0 cm³/mol. The van der Waals surface area contributed by atoms with E-state index < -0.39 is 0 Å². The summed E-state index contributed by atoms with van der Waals surface area (Å²) in [7, 11) is 1.84. The van der Waals surface area contributed by atoms with E-state index in [4.69, 9.17) is 5.73 Å². The molecule has 0 aliphatic carbocycles. The lowest BCUT2D eigenvalue weighted by atomic mass is 9.93. The number of nitrogens with zero attached hydrogens (tertiary/aromatic N) is 2. The molecule has 0 radical (unpaired) electrons. The normalized spacial score (nSPS) is 11.3. The standard InChI is InChI=1S/C14H23N3O/c1-14(2,10-15)11-17(3)13(18)5-4-12-6-8-16-9-7-12/h6-9H,4-5,10-11,15H2,1-3H3. The van der Waals surface area contributed by atoms with Crippen molar-refractivity contribution in [3.05, 3.63) is 30.1 Å². The Balaban J connectivity index is 2.41. The van der Waals surface area contributed by atoms with Crippen LogP contribution < -0.4 is 5.73 Å². The fourth-order valence-electron chi connectivity index (χ4n) is 1.79. The van der Waals surface area contributed by atoms with E-state index in [-0.39, 0.29) is 11.3 Å².